The summed E-state index contributed by atoms with van der Waals surface area (Å²) < 4.78 is 25.2. The molecule has 4 N–H and O–H groups in total. The molecule has 1 fully saturated rings. The highest BCUT2D eigenvalue weighted by Crippen LogP contribution is 2.47. The van der Waals surface area contributed by atoms with E-state index in [1.807, 2.05) is 6.07 Å². The van der Waals surface area contributed by atoms with Gasteiger partial charge in [-0.05, 0) is 36.5 Å². The Morgan fingerprint density at radius 1 is 1.07 bits per heavy atom. The van der Waals surface area contributed by atoms with Crippen LogP contribution in [0.3, 0.4) is 0 Å². The van der Waals surface area contributed by atoms with Gasteiger partial charge in [-0.1, -0.05) is 6.07 Å². The first-order chi connectivity index (χ1) is 14.0. The van der Waals surface area contributed by atoms with E-state index in [1.54, 1.807) is 31.6 Å². The Labute approximate surface area is 167 Å². The van der Waals surface area contributed by atoms with Gasteiger partial charge in [0.25, 0.3) is 0 Å². The molecule has 3 aromatic rings. The van der Waals surface area contributed by atoms with Gasteiger partial charge in [0.15, 0.2) is 11.6 Å². The van der Waals surface area contributed by atoms with Crippen LogP contribution in [0.5, 0.6) is 11.6 Å². The molecular weight excluding hydrogens is 375 g/mol. The minimum atomic E-state index is -0.455. The van der Waals surface area contributed by atoms with E-state index in [4.69, 9.17) is 20.9 Å². The zero-order valence-electron chi connectivity index (χ0n) is 15.9. The monoisotopic (exact) mass is 396 g/mol. The number of ether oxygens (including phenoxy) is 2. The highest BCUT2D eigenvalue weighted by atomic mass is 19.1. The molecule has 0 spiro atoms. The van der Waals surface area contributed by atoms with Crippen molar-refractivity contribution in [2.45, 2.75) is 31.3 Å². The van der Waals surface area contributed by atoms with Crippen molar-refractivity contribution in [1.82, 2.24) is 19.9 Å². The van der Waals surface area contributed by atoms with E-state index in [9.17, 15) is 4.39 Å². The van der Waals surface area contributed by atoms with Gasteiger partial charge >= 0.3 is 0 Å². The molecule has 150 valence electrons. The van der Waals surface area contributed by atoms with E-state index >= 15 is 0 Å². The summed E-state index contributed by atoms with van der Waals surface area (Å²) in [6.45, 7) is 0.256. The first-order valence-electron chi connectivity index (χ1n) is 9.19. The lowest BCUT2D eigenvalue weighted by Crippen LogP contribution is -2.21. The molecule has 1 aromatic carbocycles. The molecule has 9 heteroatoms. The maximum Gasteiger partial charge on any atom is 0.224 e. The lowest BCUT2D eigenvalue weighted by molar-refractivity contribution is 0.181. The van der Waals surface area contributed by atoms with Crippen LogP contribution >= 0.6 is 0 Å². The molecule has 1 aliphatic rings. The summed E-state index contributed by atoms with van der Waals surface area (Å²) in [6, 6.07) is 6.55. The summed E-state index contributed by atoms with van der Waals surface area (Å²) in [5, 5.41) is 0. The lowest BCUT2D eigenvalue weighted by atomic mass is 9.70. The summed E-state index contributed by atoms with van der Waals surface area (Å²) in [5.41, 5.74) is 13.6. The molecule has 29 heavy (non-hydrogen) atoms. The molecule has 0 amide bonds. The van der Waals surface area contributed by atoms with Crippen LogP contribution in [0.4, 0.5) is 16.2 Å². The van der Waals surface area contributed by atoms with Crippen molar-refractivity contribution in [3.05, 3.63) is 59.4 Å². The van der Waals surface area contributed by atoms with Crippen LogP contribution in [0.2, 0.25) is 0 Å². The third kappa shape index (κ3) is 4.24. The summed E-state index contributed by atoms with van der Waals surface area (Å²) in [6.07, 6.45) is 5.05. The van der Waals surface area contributed by atoms with Crippen molar-refractivity contribution in [2.75, 3.05) is 18.6 Å². The highest BCUT2D eigenvalue weighted by Gasteiger charge is 2.33. The van der Waals surface area contributed by atoms with E-state index in [0.29, 0.717) is 17.4 Å². The van der Waals surface area contributed by atoms with Crippen molar-refractivity contribution in [2.24, 2.45) is 0 Å². The van der Waals surface area contributed by atoms with Gasteiger partial charge in [0, 0.05) is 19.1 Å². The summed E-state index contributed by atoms with van der Waals surface area (Å²) in [7, 11) is 1.54. The molecule has 0 radical (unpaired) electrons. The van der Waals surface area contributed by atoms with Gasteiger partial charge in [0.05, 0.1) is 30.4 Å². The fraction of sp³-hybridized carbons (Fsp3) is 0.300. The van der Waals surface area contributed by atoms with Crippen molar-refractivity contribution >= 4 is 11.8 Å². The van der Waals surface area contributed by atoms with Crippen LogP contribution < -0.4 is 16.2 Å². The van der Waals surface area contributed by atoms with Gasteiger partial charge in [0.2, 0.25) is 11.8 Å². The number of rotatable bonds is 6. The molecule has 1 aliphatic carbocycles. The van der Waals surface area contributed by atoms with Gasteiger partial charge in [0.1, 0.15) is 5.82 Å². The molecule has 0 saturated heterocycles. The highest BCUT2D eigenvalue weighted by molar-refractivity contribution is 5.37. The van der Waals surface area contributed by atoms with Crippen LogP contribution in [0.25, 0.3) is 0 Å². The van der Waals surface area contributed by atoms with E-state index in [1.165, 1.54) is 6.07 Å². The maximum atomic E-state index is 14.6. The Bertz CT molecular complexity index is 1010. The Kier molecular flexibility index (Phi) is 5.22. The zero-order valence-corrected chi connectivity index (χ0v) is 15.9. The van der Waals surface area contributed by atoms with Crippen LogP contribution in [-0.2, 0) is 11.3 Å². The topological polar surface area (TPSA) is 122 Å². The average molecular weight is 396 g/mol. The SMILES string of the molecule is COCc1cc(Oc2ccc(C3CC(c4cnc(N)cn4)C3)cc2F)nc(N)n1. The number of halogens is 1. The Balaban J connectivity index is 1.43. The molecule has 0 aliphatic heterocycles. The van der Waals surface area contributed by atoms with E-state index in [0.717, 1.165) is 24.1 Å². The smallest absolute Gasteiger partial charge is 0.224 e. The van der Waals surface area contributed by atoms with Crippen LogP contribution in [0, 0.1) is 5.82 Å². The lowest BCUT2D eigenvalue weighted by Gasteiger charge is -2.35. The zero-order chi connectivity index (χ0) is 20.4. The molecule has 1 saturated carbocycles. The van der Waals surface area contributed by atoms with Crippen molar-refractivity contribution in [1.29, 1.82) is 0 Å². The second kappa shape index (κ2) is 7.96. The second-order valence-electron chi connectivity index (χ2n) is 7.01. The predicted molar refractivity (Wildman–Crippen MR) is 105 cm³/mol. The molecule has 0 atom stereocenters. The van der Waals surface area contributed by atoms with Crippen molar-refractivity contribution in [3.63, 3.8) is 0 Å². The fourth-order valence-electron chi connectivity index (χ4n) is 3.42. The number of anilines is 2. The number of nitrogens with zero attached hydrogens (tertiary/aromatic N) is 4. The Morgan fingerprint density at radius 3 is 2.59 bits per heavy atom. The molecule has 8 nitrogen and oxygen atoms in total. The first-order valence-corrected chi connectivity index (χ1v) is 9.19. The van der Waals surface area contributed by atoms with E-state index < -0.39 is 5.82 Å². The van der Waals surface area contributed by atoms with Gasteiger partial charge < -0.3 is 20.9 Å². The quantitative estimate of drug-likeness (QED) is 0.651. The normalized spacial score (nSPS) is 18.3. The Morgan fingerprint density at radius 2 is 1.90 bits per heavy atom. The molecular formula is C20H21FN6O2. The standard InChI is InChI=1S/C20H21FN6O2/c1-28-10-14-7-19(27-20(23)26-14)29-17-3-2-11(6-15(17)21)12-4-13(5-12)16-8-25-18(22)9-24-16/h2-3,6-9,12-13H,4-5,10H2,1H3,(H2,22,25)(H2,23,26,27). The maximum absolute atomic E-state index is 14.6. The predicted octanol–water partition coefficient (Wildman–Crippen LogP) is 3.17. The minimum Gasteiger partial charge on any atom is -0.436 e. The number of aromatic nitrogens is 4. The van der Waals surface area contributed by atoms with Gasteiger partial charge in [-0.15, -0.1) is 0 Å². The number of nitrogens with two attached hydrogens (primary N) is 2. The van der Waals surface area contributed by atoms with E-state index in [2.05, 4.69) is 19.9 Å². The van der Waals surface area contributed by atoms with Crippen molar-refractivity contribution in [3.8, 4) is 11.6 Å². The van der Waals surface area contributed by atoms with Crippen molar-refractivity contribution < 1.29 is 13.9 Å². The van der Waals surface area contributed by atoms with Crippen LogP contribution in [0.15, 0.2) is 36.7 Å². The third-order valence-corrected chi connectivity index (χ3v) is 4.96. The first kappa shape index (κ1) is 19.0. The summed E-state index contributed by atoms with van der Waals surface area (Å²) in [4.78, 5) is 16.4. The van der Waals surface area contributed by atoms with E-state index in [-0.39, 0.29) is 30.1 Å². The molecule has 0 bridgehead atoms. The van der Waals surface area contributed by atoms with Crippen LogP contribution in [-0.4, -0.2) is 27.0 Å². The number of benzene rings is 1. The molecule has 2 aromatic heterocycles. The summed E-state index contributed by atoms with van der Waals surface area (Å²) >= 11 is 0. The number of hydrogen-bond donors (Lipinski definition) is 2. The van der Waals surface area contributed by atoms with Gasteiger partial charge in [-0.2, -0.15) is 4.98 Å². The molecule has 4 rings (SSSR count). The number of nitrogen functional groups attached to an aromatic ring is 2. The number of methoxy groups -OCH3 is 1. The third-order valence-electron chi connectivity index (χ3n) is 4.96. The largest absolute Gasteiger partial charge is 0.436 e. The summed E-state index contributed by atoms with van der Waals surface area (Å²) in [5.74, 6) is 0.821. The minimum absolute atomic E-state index is 0.0397. The van der Waals surface area contributed by atoms with Gasteiger partial charge in [-0.3, -0.25) is 4.98 Å². The Hall–Kier alpha value is -3.33. The second-order valence-corrected chi connectivity index (χ2v) is 7.01. The molecule has 2 heterocycles. The fourth-order valence-corrected chi connectivity index (χ4v) is 3.42. The number of hydrogen-bond acceptors (Lipinski definition) is 8. The van der Waals surface area contributed by atoms with Crippen LogP contribution in [0.1, 0.15) is 41.6 Å². The molecule has 0 unspecified atom stereocenters. The van der Waals surface area contributed by atoms with Gasteiger partial charge in [-0.25, -0.2) is 14.4 Å². The average Bonchev–Trinajstić information content (AvgIpc) is 2.64.